The number of allylic oxidation sites excluding steroid dienone is 1. The van der Waals surface area contributed by atoms with Gasteiger partial charge in [0.1, 0.15) is 0 Å². The van der Waals surface area contributed by atoms with E-state index in [4.69, 9.17) is 0 Å². The summed E-state index contributed by atoms with van der Waals surface area (Å²) in [7, 11) is 0. The van der Waals surface area contributed by atoms with Crippen molar-refractivity contribution in [2.75, 3.05) is 0 Å². The van der Waals surface area contributed by atoms with Crippen LogP contribution in [0, 0.1) is 6.07 Å². The van der Waals surface area contributed by atoms with Crippen molar-refractivity contribution in [1.82, 2.24) is 0 Å². The summed E-state index contributed by atoms with van der Waals surface area (Å²) in [4.78, 5) is 0. The van der Waals surface area contributed by atoms with E-state index < -0.39 is 0 Å². The highest BCUT2D eigenvalue weighted by Crippen LogP contribution is 2.13. The lowest BCUT2D eigenvalue weighted by atomic mass is 10.0. The summed E-state index contributed by atoms with van der Waals surface area (Å²) in [5, 5.41) is 0. The molecule has 129 valence electrons. The van der Waals surface area contributed by atoms with Gasteiger partial charge in [0.05, 0.1) is 0 Å². The van der Waals surface area contributed by atoms with Gasteiger partial charge in [0, 0.05) is 0 Å². The monoisotopic (exact) mass is 313 g/mol. The summed E-state index contributed by atoms with van der Waals surface area (Å²) < 4.78 is 0. The van der Waals surface area contributed by atoms with Crippen molar-refractivity contribution >= 4 is 6.08 Å². The van der Waals surface area contributed by atoms with Gasteiger partial charge in [-0.2, -0.15) is 0 Å². The van der Waals surface area contributed by atoms with Crippen LogP contribution >= 0.6 is 0 Å². The van der Waals surface area contributed by atoms with Crippen LogP contribution in [0.15, 0.2) is 30.3 Å². The Morgan fingerprint density at radius 3 is 1.83 bits per heavy atom. The Hall–Kier alpha value is -1.04. The minimum atomic E-state index is 1.20. The van der Waals surface area contributed by atoms with Crippen molar-refractivity contribution in [2.45, 2.75) is 96.8 Å². The highest BCUT2D eigenvalue weighted by molar-refractivity contribution is 5.47. The van der Waals surface area contributed by atoms with Crippen LogP contribution in [0.1, 0.15) is 102 Å². The lowest BCUT2D eigenvalue weighted by molar-refractivity contribution is 0.540. The smallest absolute Gasteiger partial charge is 0.0106 e. The Bertz CT molecular complexity index is 363. The van der Waals surface area contributed by atoms with Crippen LogP contribution in [0.3, 0.4) is 0 Å². The quantitative estimate of drug-likeness (QED) is 0.288. The summed E-state index contributed by atoms with van der Waals surface area (Å²) in [5.74, 6) is 0. The minimum absolute atomic E-state index is 1.20. The van der Waals surface area contributed by atoms with E-state index in [2.05, 4.69) is 37.3 Å². The average Bonchev–Trinajstić information content (AvgIpc) is 2.59. The third-order valence-electron chi connectivity index (χ3n) is 4.50. The van der Waals surface area contributed by atoms with Gasteiger partial charge in [-0.3, -0.25) is 0 Å². The lowest BCUT2D eigenvalue weighted by Crippen LogP contribution is -1.82. The Balaban J connectivity index is 1.77. The molecule has 0 amide bonds. The standard InChI is InChI=1S/C23H37/c1-2-3-4-5-6-7-8-9-10-11-12-13-14-15-17-20-23-21-18-16-19-22-23/h16-21H,2-15H2,1H3/b20-17+. The number of unbranched alkanes of at least 4 members (excludes halogenated alkanes) is 13. The second-order valence-corrected chi connectivity index (χ2v) is 6.75. The Morgan fingerprint density at radius 1 is 0.739 bits per heavy atom. The van der Waals surface area contributed by atoms with E-state index in [1.165, 1.54) is 95.5 Å². The van der Waals surface area contributed by atoms with E-state index in [-0.39, 0.29) is 0 Å². The molecule has 0 N–H and O–H groups in total. The van der Waals surface area contributed by atoms with E-state index in [9.17, 15) is 0 Å². The second-order valence-electron chi connectivity index (χ2n) is 6.75. The van der Waals surface area contributed by atoms with Gasteiger partial charge in [-0.05, 0) is 24.5 Å². The first-order chi connectivity index (χ1) is 11.4. The molecule has 23 heavy (non-hydrogen) atoms. The molecule has 0 saturated heterocycles. The molecule has 1 aromatic carbocycles. The van der Waals surface area contributed by atoms with Gasteiger partial charge in [0.15, 0.2) is 0 Å². The molecular weight excluding hydrogens is 276 g/mol. The zero-order valence-corrected chi connectivity index (χ0v) is 15.4. The molecule has 0 unspecified atom stereocenters. The molecule has 0 bridgehead atoms. The van der Waals surface area contributed by atoms with Gasteiger partial charge in [-0.15, -0.1) is 0 Å². The highest BCUT2D eigenvalue weighted by atomic mass is 14.0. The van der Waals surface area contributed by atoms with Crippen LogP contribution in [0.5, 0.6) is 0 Å². The van der Waals surface area contributed by atoms with Crippen molar-refractivity contribution in [3.8, 4) is 0 Å². The molecule has 0 aliphatic carbocycles. The molecule has 0 aliphatic rings. The number of rotatable bonds is 15. The molecule has 0 saturated carbocycles. The summed E-state index contributed by atoms with van der Waals surface area (Å²) in [5.41, 5.74) is 1.20. The van der Waals surface area contributed by atoms with E-state index in [0.717, 1.165) is 0 Å². The van der Waals surface area contributed by atoms with Crippen LogP contribution in [0.2, 0.25) is 0 Å². The predicted octanol–water partition coefficient (Wildman–Crippen LogP) is 7.98. The largest absolute Gasteiger partial charge is 0.0839 e. The molecule has 0 heterocycles. The van der Waals surface area contributed by atoms with Crippen molar-refractivity contribution < 1.29 is 0 Å². The molecular formula is C23H37. The van der Waals surface area contributed by atoms with E-state index >= 15 is 0 Å². The van der Waals surface area contributed by atoms with Crippen LogP contribution < -0.4 is 0 Å². The second kappa shape index (κ2) is 15.8. The average molecular weight is 314 g/mol. The van der Waals surface area contributed by atoms with Crippen LogP contribution in [-0.4, -0.2) is 0 Å². The maximum absolute atomic E-state index is 3.23. The van der Waals surface area contributed by atoms with Crippen LogP contribution in [0.4, 0.5) is 0 Å². The van der Waals surface area contributed by atoms with Gasteiger partial charge in [-0.25, -0.2) is 0 Å². The van der Waals surface area contributed by atoms with Crippen molar-refractivity contribution in [2.24, 2.45) is 0 Å². The third-order valence-corrected chi connectivity index (χ3v) is 4.50. The number of hydrogen-bond acceptors (Lipinski definition) is 0. The van der Waals surface area contributed by atoms with E-state index in [1.807, 2.05) is 12.1 Å². The van der Waals surface area contributed by atoms with Crippen molar-refractivity contribution in [1.29, 1.82) is 0 Å². The maximum Gasteiger partial charge on any atom is -0.0106 e. The fourth-order valence-corrected chi connectivity index (χ4v) is 3.00. The fraction of sp³-hybridized carbons (Fsp3) is 0.652. The third kappa shape index (κ3) is 13.1. The molecule has 0 fully saturated rings. The van der Waals surface area contributed by atoms with Crippen LogP contribution in [0.25, 0.3) is 6.08 Å². The molecule has 0 nitrogen and oxygen atoms in total. The molecule has 1 aromatic rings. The molecule has 0 heteroatoms. The van der Waals surface area contributed by atoms with Crippen molar-refractivity contribution in [3.05, 3.63) is 42.0 Å². The Labute approximate surface area is 145 Å². The zero-order chi connectivity index (χ0) is 16.4. The number of hydrogen-bond donors (Lipinski definition) is 0. The fourth-order valence-electron chi connectivity index (χ4n) is 3.00. The van der Waals surface area contributed by atoms with Gasteiger partial charge in [-0.1, -0.05) is 120 Å². The topological polar surface area (TPSA) is 0 Å². The SMILES string of the molecule is CCCCCCCCCCCCCCC/C=C/c1[c]cccc1. The summed E-state index contributed by atoms with van der Waals surface area (Å²) in [6, 6.07) is 11.4. The normalized spacial score (nSPS) is 11.3. The molecule has 1 radical (unpaired) electrons. The molecule has 0 aromatic heterocycles. The molecule has 0 aliphatic heterocycles. The zero-order valence-electron chi connectivity index (χ0n) is 15.4. The predicted molar refractivity (Wildman–Crippen MR) is 105 cm³/mol. The number of benzene rings is 1. The Morgan fingerprint density at radius 2 is 1.30 bits per heavy atom. The summed E-state index contributed by atoms with van der Waals surface area (Å²) in [6.45, 7) is 2.29. The molecule has 0 atom stereocenters. The lowest BCUT2D eigenvalue weighted by Gasteiger charge is -2.02. The van der Waals surface area contributed by atoms with Crippen molar-refractivity contribution in [3.63, 3.8) is 0 Å². The minimum Gasteiger partial charge on any atom is -0.0839 e. The Kier molecular flexibility index (Phi) is 13.8. The van der Waals surface area contributed by atoms with Gasteiger partial charge in [0.25, 0.3) is 0 Å². The molecule has 1 rings (SSSR count). The molecule has 0 spiro atoms. The first kappa shape index (κ1) is 20.0. The summed E-state index contributed by atoms with van der Waals surface area (Å²) in [6.07, 6.45) is 24.3. The van der Waals surface area contributed by atoms with Gasteiger partial charge in [0.2, 0.25) is 0 Å². The van der Waals surface area contributed by atoms with E-state index in [0.29, 0.717) is 0 Å². The first-order valence-corrected chi connectivity index (χ1v) is 10.1. The van der Waals surface area contributed by atoms with Crippen LogP contribution in [-0.2, 0) is 0 Å². The van der Waals surface area contributed by atoms with Gasteiger partial charge >= 0.3 is 0 Å². The van der Waals surface area contributed by atoms with Gasteiger partial charge < -0.3 is 0 Å². The maximum atomic E-state index is 3.23. The summed E-state index contributed by atoms with van der Waals surface area (Å²) >= 11 is 0. The highest BCUT2D eigenvalue weighted by Gasteiger charge is 1.93. The van der Waals surface area contributed by atoms with E-state index in [1.54, 1.807) is 0 Å². The first-order valence-electron chi connectivity index (χ1n) is 10.1.